The topological polar surface area (TPSA) is 101 Å². The van der Waals surface area contributed by atoms with E-state index in [4.69, 9.17) is 23.2 Å². The monoisotopic (exact) mass is 686 g/mol. The molecule has 44 heavy (non-hydrogen) atoms. The number of amides is 2. The zero-order valence-corrected chi connectivity index (χ0v) is 30.1. The minimum absolute atomic E-state index is 0.0651. The molecule has 2 aromatic rings. The summed E-state index contributed by atoms with van der Waals surface area (Å²) >= 11 is 12.7. The van der Waals surface area contributed by atoms with Crippen LogP contribution >= 0.6 is 23.2 Å². The van der Waals surface area contributed by atoms with Gasteiger partial charge in [-0.25, -0.2) is 8.42 Å². The van der Waals surface area contributed by atoms with Gasteiger partial charge in [0.2, 0.25) is 11.8 Å². The summed E-state index contributed by atoms with van der Waals surface area (Å²) in [6.07, 6.45) is 4.32. The number of sulfone groups is 1. The first-order valence-electron chi connectivity index (χ1n) is 15.2. The minimum atomic E-state index is -3.54. The maximum atomic E-state index is 14.8. The number of carbonyl (C=O) groups is 2. The van der Waals surface area contributed by atoms with Gasteiger partial charge in [0.25, 0.3) is 0 Å². The molecule has 1 aliphatic rings. The fourth-order valence-electron chi connectivity index (χ4n) is 6.04. The van der Waals surface area contributed by atoms with Crippen molar-refractivity contribution in [3.8, 4) is 0 Å². The highest BCUT2D eigenvalue weighted by Crippen LogP contribution is 2.52. The molecule has 0 aliphatic carbocycles. The van der Waals surface area contributed by atoms with Crippen molar-refractivity contribution >= 4 is 54.8 Å². The number of hydrogen-bond acceptors (Lipinski definition) is 5. The number of halogens is 2. The first-order chi connectivity index (χ1) is 20.3. The Morgan fingerprint density at radius 1 is 1.05 bits per heavy atom. The number of thiol groups is 1. The van der Waals surface area contributed by atoms with Crippen LogP contribution in [0.1, 0.15) is 77.0 Å². The molecule has 7 nitrogen and oxygen atoms in total. The molecule has 1 fully saturated rings. The lowest BCUT2D eigenvalue weighted by atomic mass is 9.66. The van der Waals surface area contributed by atoms with Crippen molar-refractivity contribution in [3.63, 3.8) is 0 Å². The Balaban J connectivity index is 2.15. The van der Waals surface area contributed by atoms with Crippen molar-refractivity contribution in [2.75, 3.05) is 30.6 Å². The van der Waals surface area contributed by atoms with E-state index in [-0.39, 0.29) is 35.8 Å². The zero-order valence-electron chi connectivity index (χ0n) is 26.8. The van der Waals surface area contributed by atoms with Gasteiger partial charge in [-0.15, -0.1) is 9.93 Å². The van der Waals surface area contributed by atoms with Gasteiger partial charge >= 0.3 is 0 Å². The molecule has 0 aromatic heterocycles. The van der Waals surface area contributed by atoms with E-state index in [2.05, 4.69) is 5.32 Å². The summed E-state index contributed by atoms with van der Waals surface area (Å²) in [5.41, 5.74) is 0.604. The van der Waals surface area contributed by atoms with E-state index >= 15 is 0 Å². The van der Waals surface area contributed by atoms with Crippen LogP contribution in [-0.2, 0) is 29.4 Å². The Labute approximate surface area is 274 Å². The SMILES string of the molecule is CC(C)C(CS(=O)(=O)C(C)C)N1C(=O)[C@@](C)(CC(=O)NCCC[SH](C)(C)=O)C[C@H](c2cccc(Cl)c2)[C@H]1c1ccc(Cl)cc1. The number of nitrogens with zero attached hydrogens (tertiary/aromatic N) is 1. The molecule has 1 saturated heterocycles. The quantitative estimate of drug-likeness (QED) is 0.197. The molecular weight excluding hydrogens is 639 g/mol. The summed E-state index contributed by atoms with van der Waals surface area (Å²) in [6, 6.07) is 13.7. The van der Waals surface area contributed by atoms with Crippen LogP contribution in [0.3, 0.4) is 0 Å². The van der Waals surface area contributed by atoms with Crippen molar-refractivity contribution in [1.82, 2.24) is 10.2 Å². The molecule has 0 saturated carbocycles. The largest absolute Gasteiger partial charge is 0.356 e. The Hall–Kier alpha value is -1.94. The van der Waals surface area contributed by atoms with Crippen LogP contribution in [0.25, 0.3) is 0 Å². The number of rotatable bonds is 13. The number of piperidine rings is 1. The Morgan fingerprint density at radius 2 is 1.68 bits per heavy atom. The number of likely N-dealkylation sites (tertiary alicyclic amines) is 1. The molecule has 1 N–H and O–H groups in total. The van der Waals surface area contributed by atoms with Gasteiger partial charge in [0.05, 0.1) is 22.5 Å². The summed E-state index contributed by atoms with van der Waals surface area (Å²) in [5, 5.41) is 3.41. The zero-order chi connectivity index (χ0) is 33.0. The molecule has 1 aliphatic heterocycles. The normalized spacial score (nSPS) is 22.3. The summed E-state index contributed by atoms with van der Waals surface area (Å²) in [5.74, 6) is -0.686. The summed E-state index contributed by atoms with van der Waals surface area (Å²) in [4.78, 5) is 29.9. The van der Waals surface area contributed by atoms with Gasteiger partial charge in [-0.2, -0.15) is 0 Å². The van der Waals surface area contributed by atoms with Crippen LogP contribution in [0.2, 0.25) is 10.0 Å². The Bertz CT molecular complexity index is 1470. The second kappa shape index (κ2) is 14.7. The van der Waals surface area contributed by atoms with Gasteiger partial charge in [0, 0.05) is 40.7 Å². The second-order valence-corrected chi connectivity index (χ2v) is 20.6. The minimum Gasteiger partial charge on any atom is -0.356 e. The first-order valence-corrected chi connectivity index (χ1v) is 20.5. The Kier molecular flexibility index (Phi) is 12.2. The molecule has 246 valence electrons. The average Bonchev–Trinajstić information content (AvgIpc) is 2.91. The summed E-state index contributed by atoms with van der Waals surface area (Å²) in [7, 11) is -5.75. The van der Waals surface area contributed by atoms with E-state index in [9.17, 15) is 22.2 Å². The molecule has 11 heteroatoms. The maximum absolute atomic E-state index is 14.8. The van der Waals surface area contributed by atoms with Gasteiger partial charge < -0.3 is 10.2 Å². The highest BCUT2D eigenvalue weighted by atomic mass is 35.5. The van der Waals surface area contributed by atoms with Crippen molar-refractivity contribution in [2.45, 2.75) is 77.1 Å². The summed E-state index contributed by atoms with van der Waals surface area (Å²) < 4.78 is 38.9. The first kappa shape index (κ1) is 36.5. The predicted molar refractivity (Wildman–Crippen MR) is 184 cm³/mol. The molecule has 1 unspecified atom stereocenters. The second-order valence-electron chi connectivity index (χ2n) is 13.5. The Morgan fingerprint density at radius 3 is 2.23 bits per heavy atom. The van der Waals surface area contributed by atoms with E-state index < -0.39 is 42.5 Å². The third kappa shape index (κ3) is 9.30. The standard InChI is InChI=1S/C33H48Cl2N2O5S2/c1-22(2)29(21-44(41,42)23(3)4)37-31(24-12-14-26(34)15-13-24)28(25-10-8-11-27(35)18-25)19-33(5,32(37)39)20-30(38)36-16-9-17-43(6,7)40/h8,10-15,18,22-23,28-29,31,43H,9,16-17,19-21H2,1-7H3,(H,36,38)/t28-,29?,31-,33-/m1/s1. The average molecular weight is 688 g/mol. The van der Waals surface area contributed by atoms with E-state index in [1.165, 1.54) is 0 Å². The van der Waals surface area contributed by atoms with E-state index in [0.29, 0.717) is 35.2 Å². The van der Waals surface area contributed by atoms with Gasteiger partial charge in [0.1, 0.15) is 0 Å². The lowest BCUT2D eigenvalue weighted by molar-refractivity contribution is -0.158. The molecule has 0 radical (unpaired) electrons. The van der Waals surface area contributed by atoms with Crippen molar-refractivity contribution in [2.24, 2.45) is 11.3 Å². The highest BCUT2D eigenvalue weighted by Gasteiger charge is 2.53. The molecular formula is C33H48Cl2N2O5S2. The molecule has 0 bridgehead atoms. The lowest BCUT2D eigenvalue weighted by Crippen LogP contribution is -2.59. The van der Waals surface area contributed by atoms with Crippen molar-refractivity contribution in [3.05, 3.63) is 69.7 Å². The molecule has 1 heterocycles. The van der Waals surface area contributed by atoms with Gasteiger partial charge in [-0.1, -0.05) is 68.2 Å². The summed E-state index contributed by atoms with van der Waals surface area (Å²) in [6.45, 7) is 9.34. The van der Waals surface area contributed by atoms with E-state index in [1.807, 2.05) is 44.2 Å². The predicted octanol–water partition coefficient (Wildman–Crippen LogP) is 6.08. The van der Waals surface area contributed by atoms with Gasteiger partial charge in [-0.05, 0) is 80.5 Å². The third-order valence-electron chi connectivity index (χ3n) is 8.58. The van der Waals surface area contributed by atoms with Crippen molar-refractivity contribution < 1.29 is 22.2 Å². The molecule has 3 rings (SSSR count). The van der Waals surface area contributed by atoms with E-state index in [1.54, 1.807) is 56.4 Å². The van der Waals surface area contributed by atoms with Crippen LogP contribution in [0, 0.1) is 11.3 Å². The number of benzene rings is 2. The highest BCUT2D eigenvalue weighted by molar-refractivity contribution is 8.01. The number of hydrogen-bond donors (Lipinski definition) is 2. The lowest BCUT2D eigenvalue weighted by Gasteiger charge is -2.53. The van der Waals surface area contributed by atoms with Gasteiger partial charge in [0.15, 0.2) is 9.84 Å². The van der Waals surface area contributed by atoms with Crippen LogP contribution in [0.4, 0.5) is 0 Å². The number of nitrogens with one attached hydrogen (secondary N) is 1. The number of carbonyl (C=O) groups excluding carboxylic acids is 2. The van der Waals surface area contributed by atoms with Crippen LogP contribution < -0.4 is 5.32 Å². The van der Waals surface area contributed by atoms with Crippen LogP contribution in [0.5, 0.6) is 0 Å². The van der Waals surface area contributed by atoms with Crippen molar-refractivity contribution in [1.29, 1.82) is 0 Å². The van der Waals surface area contributed by atoms with E-state index in [0.717, 1.165) is 11.1 Å². The smallest absolute Gasteiger partial charge is 0.229 e. The third-order valence-corrected chi connectivity index (χ3v) is 12.7. The molecule has 2 amide bonds. The molecule has 0 spiro atoms. The molecule has 2 aromatic carbocycles. The molecule has 4 atom stereocenters. The maximum Gasteiger partial charge on any atom is 0.229 e. The van der Waals surface area contributed by atoms with Crippen LogP contribution in [0.15, 0.2) is 48.5 Å². The fraction of sp³-hybridized carbons (Fsp3) is 0.576. The van der Waals surface area contributed by atoms with Gasteiger partial charge in [-0.3, -0.25) is 13.8 Å². The fourth-order valence-corrected chi connectivity index (χ4v) is 8.69. The van der Waals surface area contributed by atoms with Crippen LogP contribution in [-0.4, -0.2) is 71.2 Å².